The van der Waals surface area contributed by atoms with Crippen molar-refractivity contribution < 1.29 is 31.1 Å². The summed E-state index contributed by atoms with van der Waals surface area (Å²) in [7, 11) is 0. The van der Waals surface area contributed by atoms with E-state index >= 15 is 0 Å². The fourth-order valence-corrected chi connectivity index (χ4v) is 4.37. The van der Waals surface area contributed by atoms with Crippen LogP contribution >= 0.6 is 11.8 Å². The number of carbonyl (C=O) groups is 1. The molecule has 2 aromatic rings. The third-order valence-corrected chi connectivity index (χ3v) is 6.04. The lowest BCUT2D eigenvalue weighted by Crippen LogP contribution is -2.49. The fourth-order valence-electron chi connectivity index (χ4n) is 3.37. The van der Waals surface area contributed by atoms with Crippen molar-refractivity contribution in [2.75, 3.05) is 11.4 Å². The van der Waals surface area contributed by atoms with Crippen LogP contribution in [0.5, 0.6) is 0 Å². The highest BCUT2D eigenvalue weighted by Gasteiger charge is 2.43. The van der Waals surface area contributed by atoms with Gasteiger partial charge in [0.15, 0.2) is 5.17 Å². The molecule has 2 N–H and O–H groups in total. The van der Waals surface area contributed by atoms with Crippen LogP contribution in [0.1, 0.15) is 16.7 Å². The SMILES string of the molecule is O=C1C2CNNC2N=C(SCc2ccc(C(F)(F)F)cc2)N1c1cccc(C(F)(F)F)c1. The predicted molar refractivity (Wildman–Crippen MR) is 108 cm³/mol. The van der Waals surface area contributed by atoms with Crippen LogP contribution < -0.4 is 15.8 Å². The first-order chi connectivity index (χ1) is 15.0. The highest BCUT2D eigenvalue weighted by molar-refractivity contribution is 8.13. The summed E-state index contributed by atoms with van der Waals surface area (Å²) < 4.78 is 77.8. The average Bonchev–Trinajstić information content (AvgIpc) is 3.20. The molecule has 0 spiro atoms. The Bertz CT molecular complexity index is 1040. The lowest BCUT2D eigenvalue weighted by molar-refractivity contribution is -0.138. The first-order valence-electron chi connectivity index (χ1n) is 9.40. The highest BCUT2D eigenvalue weighted by atomic mass is 32.2. The van der Waals surface area contributed by atoms with Gasteiger partial charge in [-0.2, -0.15) is 26.3 Å². The first kappa shape index (κ1) is 22.6. The lowest BCUT2D eigenvalue weighted by Gasteiger charge is -2.32. The fraction of sp³-hybridized carbons (Fsp3) is 0.300. The minimum absolute atomic E-state index is 0.0221. The summed E-state index contributed by atoms with van der Waals surface area (Å²) in [4.78, 5) is 18.7. The van der Waals surface area contributed by atoms with Crippen LogP contribution in [0.25, 0.3) is 0 Å². The van der Waals surface area contributed by atoms with E-state index < -0.39 is 41.5 Å². The predicted octanol–water partition coefficient (Wildman–Crippen LogP) is 4.41. The molecule has 170 valence electrons. The number of nitrogens with one attached hydrogen (secondary N) is 2. The molecule has 1 fully saturated rings. The van der Waals surface area contributed by atoms with Crippen LogP contribution in [0, 0.1) is 5.92 Å². The number of benzene rings is 2. The minimum Gasteiger partial charge on any atom is -0.274 e. The summed E-state index contributed by atoms with van der Waals surface area (Å²) in [5.74, 6) is -0.846. The standard InChI is InChI=1S/C20H16F6N4OS/c21-19(22,23)12-6-4-11(5-7-12)10-32-18-28-16-15(9-27-29-16)17(31)30(18)14-3-1-2-13(8-14)20(24,25)26/h1-8,15-16,27,29H,9-10H2. The molecule has 5 nitrogen and oxygen atoms in total. The number of rotatable bonds is 3. The number of hydrogen-bond donors (Lipinski definition) is 2. The molecule has 2 aromatic carbocycles. The van der Waals surface area contributed by atoms with Gasteiger partial charge in [-0.15, -0.1) is 0 Å². The van der Waals surface area contributed by atoms with E-state index in [-0.39, 0.29) is 23.2 Å². The van der Waals surface area contributed by atoms with Gasteiger partial charge in [0.25, 0.3) is 0 Å². The van der Waals surface area contributed by atoms with E-state index in [1.165, 1.54) is 24.3 Å². The summed E-state index contributed by atoms with van der Waals surface area (Å²) >= 11 is 1.06. The van der Waals surface area contributed by atoms with Crippen molar-refractivity contribution in [3.05, 3.63) is 65.2 Å². The van der Waals surface area contributed by atoms with Crippen molar-refractivity contribution in [2.45, 2.75) is 24.3 Å². The van der Waals surface area contributed by atoms with E-state index in [4.69, 9.17) is 0 Å². The maximum absolute atomic E-state index is 13.2. The van der Waals surface area contributed by atoms with E-state index in [2.05, 4.69) is 15.8 Å². The minimum atomic E-state index is -4.58. The Morgan fingerprint density at radius 2 is 1.69 bits per heavy atom. The highest BCUT2D eigenvalue weighted by Crippen LogP contribution is 2.35. The Morgan fingerprint density at radius 1 is 1.00 bits per heavy atom. The van der Waals surface area contributed by atoms with Crippen LogP contribution in [-0.2, 0) is 22.9 Å². The van der Waals surface area contributed by atoms with E-state index in [0.717, 1.165) is 40.9 Å². The van der Waals surface area contributed by atoms with Crippen LogP contribution in [0.2, 0.25) is 0 Å². The number of aliphatic imine (C=N–C) groups is 1. The summed E-state index contributed by atoms with van der Waals surface area (Å²) in [5.41, 5.74) is 4.54. The van der Waals surface area contributed by atoms with Gasteiger partial charge >= 0.3 is 12.4 Å². The zero-order valence-corrected chi connectivity index (χ0v) is 17.0. The van der Waals surface area contributed by atoms with E-state index in [1.807, 2.05) is 0 Å². The van der Waals surface area contributed by atoms with E-state index in [0.29, 0.717) is 5.56 Å². The molecule has 1 amide bonds. The second-order valence-corrected chi connectivity index (χ2v) is 8.14. The number of amides is 1. The summed E-state index contributed by atoms with van der Waals surface area (Å²) in [5, 5.41) is 0.159. The Kier molecular flexibility index (Phi) is 5.94. The van der Waals surface area contributed by atoms with Gasteiger partial charge in [-0.1, -0.05) is 30.0 Å². The van der Waals surface area contributed by atoms with Gasteiger partial charge in [0, 0.05) is 12.3 Å². The van der Waals surface area contributed by atoms with Gasteiger partial charge in [0.1, 0.15) is 6.17 Å². The molecule has 2 unspecified atom stereocenters. The Balaban J connectivity index is 1.61. The molecule has 12 heteroatoms. The molecule has 4 rings (SSSR count). The number of hydrazine groups is 1. The molecule has 2 heterocycles. The zero-order valence-electron chi connectivity index (χ0n) is 16.2. The van der Waals surface area contributed by atoms with Crippen molar-refractivity contribution in [1.29, 1.82) is 0 Å². The molecule has 0 saturated carbocycles. The quantitative estimate of drug-likeness (QED) is 0.648. The van der Waals surface area contributed by atoms with Gasteiger partial charge in [-0.3, -0.25) is 15.1 Å². The van der Waals surface area contributed by atoms with Crippen molar-refractivity contribution >= 4 is 28.5 Å². The monoisotopic (exact) mass is 474 g/mol. The smallest absolute Gasteiger partial charge is 0.274 e. The summed E-state index contributed by atoms with van der Waals surface area (Å²) in [6, 6.07) is 8.91. The van der Waals surface area contributed by atoms with Gasteiger partial charge in [0.2, 0.25) is 5.91 Å². The molecule has 1 saturated heterocycles. The molecule has 2 aliphatic heterocycles. The van der Waals surface area contributed by atoms with Gasteiger partial charge in [0.05, 0.1) is 22.7 Å². The number of thioether (sulfide) groups is 1. The van der Waals surface area contributed by atoms with Crippen LogP contribution in [0.3, 0.4) is 0 Å². The second kappa shape index (κ2) is 8.41. The zero-order chi connectivity index (χ0) is 23.1. The average molecular weight is 474 g/mol. The number of amidine groups is 1. The van der Waals surface area contributed by atoms with Gasteiger partial charge in [-0.25, -0.2) is 10.4 Å². The summed E-state index contributed by atoms with van der Waals surface area (Å²) in [6.45, 7) is 0.263. The lowest BCUT2D eigenvalue weighted by atomic mass is 10.0. The number of fused-ring (bicyclic) bond motifs is 1. The molecular weight excluding hydrogens is 458 g/mol. The third-order valence-electron chi connectivity index (χ3n) is 5.01. The van der Waals surface area contributed by atoms with Crippen LogP contribution in [-0.4, -0.2) is 23.8 Å². The maximum atomic E-state index is 13.2. The van der Waals surface area contributed by atoms with Crippen molar-refractivity contribution in [2.24, 2.45) is 10.9 Å². The molecule has 32 heavy (non-hydrogen) atoms. The first-order valence-corrected chi connectivity index (χ1v) is 10.4. The van der Waals surface area contributed by atoms with Gasteiger partial charge in [-0.05, 0) is 35.9 Å². The van der Waals surface area contributed by atoms with Crippen molar-refractivity contribution in [1.82, 2.24) is 10.9 Å². The van der Waals surface area contributed by atoms with Crippen molar-refractivity contribution in [3.63, 3.8) is 0 Å². The molecule has 2 aliphatic rings. The molecule has 0 aliphatic carbocycles. The number of anilines is 1. The van der Waals surface area contributed by atoms with Crippen LogP contribution in [0.4, 0.5) is 32.0 Å². The largest absolute Gasteiger partial charge is 0.416 e. The van der Waals surface area contributed by atoms with E-state index in [1.54, 1.807) is 0 Å². The number of hydrogen-bond acceptors (Lipinski definition) is 5. The second-order valence-electron chi connectivity index (χ2n) is 7.19. The topological polar surface area (TPSA) is 56.7 Å². The third kappa shape index (κ3) is 4.62. The normalized spacial score (nSPS) is 21.5. The molecule has 0 radical (unpaired) electrons. The van der Waals surface area contributed by atoms with Crippen molar-refractivity contribution in [3.8, 4) is 0 Å². The number of carbonyl (C=O) groups excluding carboxylic acids is 1. The Morgan fingerprint density at radius 3 is 2.34 bits per heavy atom. The molecular formula is C20H16F6N4OS. The molecule has 0 bridgehead atoms. The maximum Gasteiger partial charge on any atom is 0.416 e. The molecule has 2 atom stereocenters. The summed E-state index contributed by atoms with van der Waals surface area (Å²) in [6.07, 6.45) is -9.62. The Labute approximate surface area is 182 Å². The van der Waals surface area contributed by atoms with E-state index in [9.17, 15) is 31.1 Å². The number of alkyl halides is 6. The van der Waals surface area contributed by atoms with Crippen LogP contribution in [0.15, 0.2) is 53.5 Å². The Hall–Kier alpha value is -2.57. The molecule has 0 aromatic heterocycles. The van der Waals surface area contributed by atoms with Gasteiger partial charge < -0.3 is 0 Å². The number of halogens is 6. The number of nitrogens with zero attached hydrogens (tertiary/aromatic N) is 2.